The molecule has 2 heterocycles. The zero-order valence-electron chi connectivity index (χ0n) is 16.0. The maximum absolute atomic E-state index is 13.2. The molecule has 0 spiro atoms. The largest absolute Gasteiger partial charge is 0.367 e. The predicted octanol–water partition coefficient (Wildman–Crippen LogP) is 1.38. The number of benzene rings is 1. The van der Waals surface area contributed by atoms with Crippen molar-refractivity contribution in [3.8, 4) is 0 Å². The highest BCUT2D eigenvalue weighted by molar-refractivity contribution is 5.92. The van der Waals surface area contributed by atoms with Crippen LogP contribution in [0.3, 0.4) is 0 Å². The van der Waals surface area contributed by atoms with E-state index in [1.54, 1.807) is 30.1 Å². The van der Waals surface area contributed by atoms with E-state index in [1.807, 2.05) is 29.2 Å². The molecule has 29 heavy (non-hydrogen) atoms. The second-order valence-electron chi connectivity index (χ2n) is 7.32. The number of rotatable bonds is 5. The minimum Gasteiger partial charge on any atom is -0.367 e. The molecular formula is C21H23N5O3. The van der Waals surface area contributed by atoms with Crippen LogP contribution < -0.4 is 10.4 Å². The summed E-state index contributed by atoms with van der Waals surface area (Å²) in [6, 6.07) is 7.76. The van der Waals surface area contributed by atoms with Crippen LogP contribution in [0.25, 0.3) is 6.08 Å². The van der Waals surface area contributed by atoms with Gasteiger partial charge < -0.3 is 9.80 Å². The molecule has 1 aromatic carbocycles. The summed E-state index contributed by atoms with van der Waals surface area (Å²) in [6.07, 6.45) is 9.58. The van der Waals surface area contributed by atoms with Gasteiger partial charge in [-0.1, -0.05) is 18.2 Å². The Morgan fingerprint density at radius 3 is 2.52 bits per heavy atom. The van der Waals surface area contributed by atoms with E-state index in [9.17, 15) is 9.59 Å². The molecule has 2 aromatic rings. The summed E-state index contributed by atoms with van der Waals surface area (Å²) in [5, 5.41) is 8.66. The number of carbonyl (C=O) groups excluding carboxylic acids is 2. The summed E-state index contributed by atoms with van der Waals surface area (Å²) in [5.74, 6) is -0.431. The van der Waals surface area contributed by atoms with E-state index in [1.165, 1.54) is 6.08 Å². The number of piperazine rings is 1. The number of carbonyl (C=O) groups is 2. The summed E-state index contributed by atoms with van der Waals surface area (Å²) in [7, 11) is 0. The van der Waals surface area contributed by atoms with Gasteiger partial charge >= 0.3 is 0 Å². The minimum atomic E-state index is -0.575. The normalized spacial score (nSPS) is 18.0. The molecule has 2 amide bonds. The molecule has 8 heteroatoms. The molecule has 8 nitrogen and oxygen atoms in total. The zero-order chi connectivity index (χ0) is 20.3. The van der Waals surface area contributed by atoms with E-state index >= 15 is 0 Å². The average Bonchev–Trinajstić information content (AvgIpc) is 3.60. The highest BCUT2D eigenvalue weighted by Gasteiger charge is 2.54. The Hall–Kier alpha value is -3.26. The maximum Gasteiger partial charge on any atom is 0.267 e. The van der Waals surface area contributed by atoms with E-state index in [2.05, 4.69) is 14.9 Å². The lowest BCUT2D eigenvalue weighted by molar-refractivity contribution is -0.134. The van der Waals surface area contributed by atoms with Gasteiger partial charge in [0.05, 0.1) is 11.1 Å². The topological polar surface area (TPSA) is 98.7 Å². The van der Waals surface area contributed by atoms with Crippen molar-refractivity contribution < 1.29 is 14.8 Å². The van der Waals surface area contributed by atoms with Gasteiger partial charge in [0.25, 0.3) is 5.91 Å². The first kappa shape index (κ1) is 19.1. The fourth-order valence-corrected chi connectivity index (χ4v) is 3.82. The SMILES string of the molecule is O=C(/C=C/c1ccccc1N1CCN(C(=O)C2(c3cnccn3)CC2)CC1)NO. The van der Waals surface area contributed by atoms with Crippen molar-refractivity contribution in [2.24, 2.45) is 0 Å². The van der Waals surface area contributed by atoms with Crippen LogP contribution in [-0.2, 0) is 15.0 Å². The van der Waals surface area contributed by atoms with Gasteiger partial charge in [0.2, 0.25) is 5.91 Å². The van der Waals surface area contributed by atoms with E-state index in [0.717, 1.165) is 29.8 Å². The van der Waals surface area contributed by atoms with Gasteiger partial charge in [-0.25, -0.2) is 5.48 Å². The summed E-state index contributed by atoms with van der Waals surface area (Å²) < 4.78 is 0. The molecule has 0 bridgehead atoms. The number of aromatic nitrogens is 2. The molecule has 0 atom stereocenters. The third-order valence-electron chi connectivity index (χ3n) is 5.58. The van der Waals surface area contributed by atoms with Crippen molar-refractivity contribution in [3.05, 3.63) is 60.2 Å². The van der Waals surface area contributed by atoms with Crippen molar-refractivity contribution in [3.63, 3.8) is 0 Å². The smallest absolute Gasteiger partial charge is 0.267 e. The van der Waals surface area contributed by atoms with E-state index in [-0.39, 0.29) is 5.91 Å². The number of hydrogen-bond donors (Lipinski definition) is 2. The Balaban J connectivity index is 1.44. The average molecular weight is 393 g/mol. The minimum absolute atomic E-state index is 0.144. The van der Waals surface area contributed by atoms with E-state index in [4.69, 9.17) is 5.21 Å². The van der Waals surface area contributed by atoms with Crippen molar-refractivity contribution >= 4 is 23.6 Å². The Labute approximate surface area is 168 Å². The quantitative estimate of drug-likeness (QED) is 0.452. The number of nitrogens with one attached hydrogen (secondary N) is 1. The van der Waals surface area contributed by atoms with Crippen LogP contribution in [0.15, 0.2) is 48.9 Å². The van der Waals surface area contributed by atoms with Crippen molar-refractivity contribution in [1.82, 2.24) is 20.3 Å². The lowest BCUT2D eigenvalue weighted by Gasteiger charge is -2.38. The number of nitrogens with zero attached hydrogens (tertiary/aromatic N) is 4. The Morgan fingerprint density at radius 1 is 1.10 bits per heavy atom. The Kier molecular flexibility index (Phi) is 5.26. The van der Waals surface area contributed by atoms with Crippen molar-refractivity contribution in [2.45, 2.75) is 18.3 Å². The van der Waals surface area contributed by atoms with Crippen LogP contribution in [-0.4, -0.2) is 58.1 Å². The monoisotopic (exact) mass is 393 g/mol. The molecule has 1 aliphatic carbocycles. The molecule has 2 aliphatic rings. The molecule has 1 aliphatic heterocycles. The highest BCUT2D eigenvalue weighted by Crippen LogP contribution is 2.48. The first-order valence-electron chi connectivity index (χ1n) is 9.66. The summed E-state index contributed by atoms with van der Waals surface area (Å²) in [5.41, 5.74) is 3.75. The summed E-state index contributed by atoms with van der Waals surface area (Å²) >= 11 is 0. The second kappa shape index (κ2) is 8.00. The van der Waals surface area contributed by atoms with Crippen LogP contribution >= 0.6 is 0 Å². The molecular weight excluding hydrogens is 370 g/mol. The maximum atomic E-state index is 13.2. The molecule has 1 saturated heterocycles. The van der Waals surface area contributed by atoms with Crippen LogP contribution in [0.4, 0.5) is 5.69 Å². The van der Waals surface area contributed by atoms with Crippen molar-refractivity contribution in [1.29, 1.82) is 0 Å². The van der Waals surface area contributed by atoms with Crippen molar-refractivity contribution in [2.75, 3.05) is 31.1 Å². The lowest BCUT2D eigenvalue weighted by Crippen LogP contribution is -2.51. The number of para-hydroxylation sites is 1. The van der Waals surface area contributed by atoms with Crippen LogP contribution in [0.5, 0.6) is 0 Å². The van der Waals surface area contributed by atoms with Gasteiger partial charge in [-0.15, -0.1) is 0 Å². The third kappa shape index (κ3) is 3.84. The first-order valence-corrected chi connectivity index (χ1v) is 9.66. The first-order chi connectivity index (χ1) is 14.1. The molecule has 0 radical (unpaired) electrons. The molecule has 1 aromatic heterocycles. The van der Waals surface area contributed by atoms with Crippen LogP contribution in [0.1, 0.15) is 24.1 Å². The summed E-state index contributed by atoms with van der Waals surface area (Å²) in [4.78, 5) is 37.1. The second-order valence-corrected chi connectivity index (χ2v) is 7.32. The fraction of sp³-hybridized carbons (Fsp3) is 0.333. The van der Waals surface area contributed by atoms with E-state index in [0.29, 0.717) is 26.2 Å². The number of amides is 2. The van der Waals surface area contributed by atoms with Crippen LogP contribution in [0.2, 0.25) is 0 Å². The van der Waals surface area contributed by atoms with Gasteiger partial charge in [0.1, 0.15) is 0 Å². The molecule has 2 fully saturated rings. The fourth-order valence-electron chi connectivity index (χ4n) is 3.82. The zero-order valence-corrected chi connectivity index (χ0v) is 16.0. The van der Waals surface area contributed by atoms with Gasteiger partial charge in [-0.3, -0.25) is 24.8 Å². The number of anilines is 1. The summed E-state index contributed by atoms with van der Waals surface area (Å²) in [6.45, 7) is 2.69. The van der Waals surface area contributed by atoms with Gasteiger partial charge in [-0.05, 0) is 30.5 Å². The Bertz CT molecular complexity index is 919. The number of hydrogen-bond acceptors (Lipinski definition) is 6. The standard InChI is InChI=1S/C21H23N5O3/c27-19(24-29)6-5-16-3-1-2-4-17(16)25-11-13-26(14-12-25)20(28)21(7-8-21)18-15-22-9-10-23-18/h1-6,9-10,15,29H,7-8,11-14H2,(H,24,27)/b6-5+. The lowest BCUT2D eigenvalue weighted by atomic mass is 10.0. The van der Waals surface area contributed by atoms with E-state index < -0.39 is 11.3 Å². The Morgan fingerprint density at radius 2 is 1.86 bits per heavy atom. The van der Waals surface area contributed by atoms with Gasteiger partial charge in [0.15, 0.2) is 0 Å². The molecule has 1 saturated carbocycles. The van der Waals surface area contributed by atoms with Gasteiger partial charge in [0, 0.05) is 56.5 Å². The molecule has 0 unspecified atom stereocenters. The third-order valence-corrected chi connectivity index (χ3v) is 5.58. The molecule has 4 rings (SSSR count). The predicted molar refractivity (Wildman–Crippen MR) is 107 cm³/mol. The molecule has 2 N–H and O–H groups in total. The van der Waals surface area contributed by atoms with Crippen LogP contribution in [0, 0.1) is 0 Å². The highest BCUT2D eigenvalue weighted by atomic mass is 16.5. The van der Waals surface area contributed by atoms with Gasteiger partial charge in [-0.2, -0.15) is 0 Å². The molecule has 150 valence electrons. The number of hydroxylamine groups is 1.